The first-order valence-corrected chi connectivity index (χ1v) is 4.22. The van der Waals surface area contributed by atoms with E-state index in [0.717, 1.165) is 0 Å². The molecule has 0 aliphatic rings. The van der Waals surface area contributed by atoms with E-state index in [4.69, 9.17) is 5.11 Å². The predicted molar refractivity (Wildman–Crippen MR) is 34.1 cm³/mol. The van der Waals surface area contributed by atoms with Crippen LogP contribution in [0.2, 0.25) is 0 Å². The highest BCUT2D eigenvalue weighted by Gasteiger charge is 2.09. The molecular formula is C4H8NO4S. The molecule has 0 saturated carbocycles. The number of carboxylic acid groups (broad SMARTS) is 1. The van der Waals surface area contributed by atoms with E-state index < -0.39 is 22.5 Å². The number of hydrogen-bond acceptors (Lipinski definition) is 3. The molecule has 0 spiro atoms. The fourth-order valence-electron chi connectivity index (χ4n) is 0.245. The third-order valence-corrected chi connectivity index (χ3v) is 2.01. The third-order valence-electron chi connectivity index (χ3n) is 0.761. The first kappa shape index (κ1) is 9.38. The van der Waals surface area contributed by atoms with Gasteiger partial charge < -0.3 is 5.11 Å². The van der Waals surface area contributed by atoms with Crippen LogP contribution in [-0.4, -0.2) is 31.8 Å². The summed E-state index contributed by atoms with van der Waals surface area (Å²) in [5.74, 6) is -1.39. The predicted octanol–water partition coefficient (Wildman–Crippen LogP) is -0.975. The van der Waals surface area contributed by atoms with Crippen molar-refractivity contribution in [3.05, 3.63) is 0 Å². The third kappa shape index (κ3) is 4.28. The standard InChI is InChI=1S/C4H8NO4S/c1-2-10(8,9)5-3-4(6)7/h2-3H2,1H3,(H,6,7). The lowest BCUT2D eigenvalue weighted by atomic mass is 10.7. The summed E-state index contributed by atoms with van der Waals surface area (Å²) in [4.78, 5) is 9.80. The quantitative estimate of drug-likeness (QED) is 0.582. The Morgan fingerprint density at radius 2 is 2.10 bits per heavy atom. The van der Waals surface area contributed by atoms with Crippen molar-refractivity contribution in [3.63, 3.8) is 0 Å². The summed E-state index contributed by atoms with van der Waals surface area (Å²) < 4.78 is 23.9. The van der Waals surface area contributed by atoms with E-state index >= 15 is 0 Å². The van der Waals surface area contributed by atoms with Crippen molar-refractivity contribution >= 4 is 16.0 Å². The Labute approximate surface area is 59.1 Å². The van der Waals surface area contributed by atoms with Gasteiger partial charge in [0.2, 0.25) is 10.0 Å². The molecule has 5 nitrogen and oxygen atoms in total. The van der Waals surface area contributed by atoms with Gasteiger partial charge in [-0.1, -0.05) is 0 Å². The summed E-state index contributed by atoms with van der Waals surface area (Å²) in [7, 11) is -3.47. The van der Waals surface area contributed by atoms with Gasteiger partial charge in [0.25, 0.3) is 0 Å². The van der Waals surface area contributed by atoms with Crippen molar-refractivity contribution in [2.24, 2.45) is 0 Å². The molecule has 59 valence electrons. The number of carboxylic acids is 1. The lowest BCUT2D eigenvalue weighted by Crippen LogP contribution is -2.23. The van der Waals surface area contributed by atoms with Crippen molar-refractivity contribution in [2.75, 3.05) is 12.3 Å². The van der Waals surface area contributed by atoms with E-state index in [1.54, 1.807) is 0 Å². The van der Waals surface area contributed by atoms with Gasteiger partial charge in [-0.2, -0.15) is 0 Å². The van der Waals surface area contributed by atoms with Gasteiger partial charge in [0, 0.05) is 0 Å². The van der Waals surface area contributed by atoms with Gasteiger partial charge in [-0.05, 0) is 6.92 Å². The Bertz CT molecular complexity index is 207. The maximum absolute atomic E-state index is 10.5. The molecule has 6 heteroatoms. The second-order valence-corrected chi connectivity index (χ2v) is 3.55. The van der Waals surface area contributed by atoms with Crippen LogP contribution in [0.3, 0.4) is 0 Å². The maximum atomic E-state index is 10.5. The van der Waals surface area contributed by atoms with Gasteiger partial charge in [0.15, 0.2) is 0 Å². The summed E-state index contributed by atoms with van der Waals surface area (Å²) in [5.41, 5.74) is 0. The molecule has 0 saturated heterocycles. The van der Waals surface area contributed by atoms with Crippen molar-refractivity contribution in [1.82, 2.24) is 4.72 Å². The largest absolute Gasteiger partial charge is 0.480 e. The zero-order valence-corrected chi connectivity index (χ0v) is 6.26. The monoisotopic (exact) mass is 166 g/mol. The van der Waals surface area contributed by atoms with E-state index in [-0.39, 0.29) is 5.75 Å². The number of rotatable bonds is 4. The molecule has 0 amide bonds. The first-order chi connectivity index (χ1) is 4.48. The molecular weight excluding hydrogens is 158 g/mol. The van der Waals surface area contributed by atoms with Crippen LogP contribution in [0.15, 0.2) is 0 Å². The molecule has 10 heavy (non-hydrogen) atoms. The van der Waals surface area contributed by atoms with E-state index in [0.29, 0.717) is 0 Å². The fraction of sp³-hybridized carbons (Fsp3) is 0.750. The van der Waals surface area contributed by atoms with Crippen molar-refractivity contribution in [1.29, 1.82) is 0 Å². The van der Waals surface area contributed by atoms with Gasteiger partial charge in [0.05, 0.1) is 5.75 Å². The van der Waals surface area contributed by atoms with Crippen molar-refractivity contribution < 1.29 is 18.3 Å². The average Bonchev–Trinajstić information content (AvgIpc) is 1.85. The first-order valence-electron chi connectivity index (χ1n) is 2.61. The molecule has 0 aliphatic heterocycles. The Morgan fingerprint density at radius 1 is 1.60 bits per heavy atom. The smallest absolute Gasteiger partial charge is 0.320 e. The number of hydrogen-bond donors (Lipinski definition) is 1. The number of carbonyl (C=O) groups is 1. The minimum Gasteiger partial charge on any atom is -0.480 e. The number of sulfonamides is 1. The molecule has 0 aromatic rings. The molecule has 1 radical (unpaired) electrons. The lowest BCUT2D eigenvalue weighted by Gasteiger charge is -1.95. The summed E-state index contributed by atoms with van der Waals surface area (Å²) in [6.45, 7) is 0.733. The minimum absolute atomic E-state index is 0.152. The Kier molecular flexibility index (Phi) is 3.31. The molecule has 0 heterocycles. The number of nitrogens with zero attached hydrogens (tertiary/aromatic N) is 1. The second-order valence-electron chi connectivity index (χ2n) is 1.55. The average molecular weight is 166 g/mol. The molecule has 0 rings (SSSR count). The van der Waals surface area contributed by atoms with E-state index in [2.05, 4.69) is 4.72 Å². The molecule has 0 fully saturated rings. The highest BCUT2D eigenvalue weighted by atomic mass is 32.2. The zero-order chi connectivity index (χ0) is 8.20. The molecule has 0 bridgehead atoms. The molecule has 0 atom stereocenters. The normalized spacial score (nSPS) is 11.3. The van der Waals surface area contributed by atoms with E-state index in [1.807, 2.05) is 0 Å². The van der Waals surface area contributed by atoms with Crippen LogP contribution in [0.25, 0.3) is 0 Å². The Balaban J connectivity index is 3.81. The zero-order valence-electron chi connectivity index (χ0n) is 5.44. The van der Waals surface area contributed by atoms with Crippen LogP contribution in [-0.2, 0) is 14.8 Å². The summed E-state index contributed by atoms with van der Waals surface area (Å²) in [5, 5.41) is 8.01. The van der Waals surface area contributed by atoms with Crippen molar-refractivity contribution in [3.8, 4) is 0 Å². The highest BCUT2D eigenvalue weighted by molar-refractivity contribution is 7.89. The Morgan fingerprint density at radius 3 is 2.40 bits per heavy atom. The van der Waals surface area contributed by atoms with Gasteiger partial charge in [0.1, 0.15) is 6.54 Å². The Hall–Kier alpha value is -0.620. The molecule has 0 unspecified atom stereocenters. The van der Waals surface area contributed by atoms with Crippen LogP contribution in [0, 0.1) is 0 Å². The molecule has 0 aromatic heterocycles. The number of aliphatic carboxylic acids is 1. The summed E-state index contributed by atoms with van der Waals surface area (Å²) in [6.07, 6.45) is 0. The fourth-order valence-corrected chi connectivity index (χ4v) is 0.735. The molecule has 0 aromatic carbocycles. The second kappa shape index (κ2) is 3.52. The lowest BCUT2D eigenvalue weighted by molar-refractivity contribution is -0.135. The van der Waals surface area contributed by atoms with E-state index in [9.17, 15) is 13.2 Å². The topological polar surface area (TPSA) is 85.5 Å². The van der Waals surface area contributed by atoms with Crippen LogP contribution < -0.4 is 4.72 Å². The molecule has 1 N–H and O–H groups in total. The van der Waals surface area contributed by atoms with E-state index in [1.165, 1.54) is 6.92 Å². The summed E-state index contributed by atoms with van der Waals surface area (Å²) >= 11 is 0. The van der Waals surface area contributed by atoms with Gasteiger partial charge >= 0.3 is 5.97 Å². The van der Waals surface area contributed by atoms with Gasteiger partial charge in [-0.25, -0.2) is 8.42 Å². The SMILES string of the molecule is CCS(=O)(=O)[N]CC(=O)O. The minimum atomic E-state index is -3.47. The van der Waals surface area contributed by atoms with Crippen LogP contribution in [0.4, 0.5) is 0 Å². The molecule has 0 aliphatic carbocycles. The van der Waals surface area contributed by atoms with Gasteiger partial charge in [-0.15, -0.1) is 4.72 Å². The highest BCUT2D eigenvalue weighted by Crippen LogP contribution is 1.82. The summed E-state index contributed by atoms with van der Waals surface area (Å²) in [6, 6.07) is 0. The van der Waals surface area contributed by atoms with Crippen LogP contribution in [0.1, 0.15) is 6.92 Å². The maximum Gasteiger partial charge on any atom is 0.320 e. The van der Waals surface area contributed by atoms with Crippen molar-refractivity contribution in [2.45, 2.75) is 6.92 Å². The van der Waals surface area contributed by atoms with Crippen LogP contribution in [0.5, 0.6) is 0 Å². The van der Waals surface area contributed by atoms with Gasteiger partial charge in [-0.3, -0.25) is 4.79 Å². The van der Waals surface area contributed by atoms with Crippen LogP contribution >= 0.6 is 0 Å².